The molecule has 0 aliphatic rings. The van der Waals surface area contributed by atoms with E-state index in [1.54, 1.807) is 23.2 Å². The Morgan fingerprint density at radius 1 is 1.50 bits per heavy atom. The van der Waals surface area contributed by atoms with Crippen molar-refractivity contribution in [3.63, 3.8) is 0 Å². The van der Waals surface area contributed by atoms with E-state index in [1.807, 2.05) is 5.38 Å². The molecule has 1 rings (SSSR count). The number of thiophene rings is 1. The van der Waals surface area contributed by atoms with Crippen LogP contribution in [0.2, 0.25) is 0 Å². The first kappa shape index (κ1) is 15.0. The number of thioether (sulfide) groups is 1. The average molecular weight is 287 g/mol. The van der Waals surface area contributed by atoms with Gasteiger partial charge in [-0.3, -0.25) is 9.59 Å². The molecule has 0 radical (unpaired) electrons. The van der Waals surface area contributed by atoms with E-state index in [9.17, 15) is 9.59 Å². The topological polar surface area (TPSA) is 55.4 Å². The standard InChI is InChI=1S/C12H17NO3S2/c1-2-17-8-6-16-11(14)3-5-13-12(15)10-4-7-18-9-10/h4,7,9H,2-3,5-6,8H2,1H3,(H,13,15). The van der Waals surface area contributed by atoms with E-state index < -0.39 is 0 Å². The molecule has 1 amide bonds. The van der Waals surface area contributed by atoms with Gasteiger partial charge in [-0.1, -0.05) is 6.92 Å². The van der Waals surface area contributed by atoms with Gasteiger partial charge in [-0.05, 0) is 17.2 Å². The fourth-order valence-corrected chi connectivity index (χ4v) is 2.33. The van der Waals surface area contributed by atoms with Crippen LogP contribution in [0, 0.1) is 0 Å². The van der Waals surface area contributed by atoms with Crippen LogP contribution in [-0.2, 0) is 9.53 Å². The Bertz CT molecular complexity index is 365. The summed E-state index contributed by atoms with van der Waals surface area (Å²) in [6.45, 7) is 2.82. The largest absolute Gasteiger partial charge is 0.465 e. The lowest BCUT2D eigenvalue weighted by Gasteiger charge is -2.05. The first-order valence-electron chi connectivity index (χ1n) is 5.77. The minimum atomic E-state index is -0.266. The number of rotatable bonds is 8. The molecule has 100 valence electrons. The average Bonchev–Trinajstić information content (AvgIpc) is 2.88. The zero-order valence-corrected chi connectivity index (χ0v) is 11.9. The van der Waals surface area contributed by atoms with E-state index in [4.69, 9.17) is 4.74 Å². The first-order valence-corrected chi connectivity index (χ1v) is 7.87. The van der Waals surface area contributed by atoms with Gasteiger partial charge in [-0.25, -0.2) is 0 Å². The van der Waals surface area contributed by atoms with Gasteiger partial charge >= 0.3 is 5.97 Å². The molecule has 1 aromatic rings. The molecule has 18 heavy (non-hydrogen) atoms. The van der Waals surface area contributed by atoms with Crippen molar-refractivity contribution in [1.29, 1.82) is 0 Å². The van der Waals surface area contributed by atoms with Crippen LogP contribution in [0.3, 0.4) is 0 Å². The molecule has 0 aromatic carbocycles. The highest BCUT2D eigenvalue weighted by Gasteiger charge is 2.07. The summed E-state index contributed by atoms with van der Waals surface area (Å²) in [5.74, 6) is 1.43. The van der Waals surface area contributed by atoms with Crippen molar-refractivity contribution in [2.75, 3.05) is 24.7 Å². The highest BCUT2D eigenvalue weighted by Crippen LogP contribution is 2.05. The lowest BCUT2D eigenvalue weighted by atomic mass is 10.3. The third-order valence-electron chi connectivity index (χ3n) is 2.09. The fourth-order valence-electron chi connectivity index (χ4n) is 1.20. The van der Waals surface area contributed by atoms with Gasteiger partial charge in [0.05, 0.1) is 6.42 Å². The second-order valence-corrected chi connectivity index (χ2v) is 5.61. The maximum Gasteiger partial charge on any atom is 0.307 e. The van der Waals surface area contributed by atoms with E-state index in [1.165, 1.54) is 11.3 Å². The number of hydrogen-bond acceptors (Lipinski definition) is 5. The normalized spacial score (nSPS) is 10.1. The molecule has 0 fully saturated rings. The Labute approximate surface area is 115 Å². The number of ether oxygens (including phenoxy) is 1. The summed E-state index contributed by atoms with van der Waals surface area (Å²) in [5.41, 5.74) is 0.632. The summed E-state index contributed by atoms with van der Waals surface area (Å²) in [4.78, 5) is 22.8. The van der Waals surface area contributed by atoms with E-state index in [2.05, 4.69) is 12.2 Å². The van der Waals surface area contributed by atoms with Crippen molar-refractivity contribution >= 4 is 35.0 Å². The van der Waals surface area contributed by atoms with Crippen LogP contribution < -0.4 is 5.32 Å². The Kier molecular flexibility index (Phi) is 7.52. The molecule has 0 aliphatic carbocycles. The van der Waals surface area contributed by atoms with Crippen molar-refractivity contribution < 1.29 is 14.3 Å². The Morgan fingerprint density at radius 2 is 2.33 bits per heavy atom. The highest BCUT2D eigenvalue weighted by atomic mass is 32.2. The quantitative estimate of drug-likeness (QED) is 0.588. The van der Waals surface area contributed by atoms with Crippen LogP contribution in [0.25, 0.3) is 0 Å². The fraction of sp³-hybridized carbons (Fsp3) is 0.500. The van der Waals surface area contributed by atoms with Crippen molar-refractivity contribution in [3.8, 4) is 0 Å². The Hall–Kier alpha value is -1.01. The number of carbonyl (C=O) groups excluding carboxylic acids is 2. The van der Waals surface area contributed by atoms with Crippen molar-refractivity contribution in [1.82, 2.24) is 5.32 Å². The predicted molar refractivity (Wildman–Crippen MR) is 75.2 cm³/mol. The Morgan fingerprint density at radius 3 is 3.00 bits per heavy atom. The third-order valence-corrected chi connectivity index (χ3v) is 3.64. The summed E-state index contributed by atoms with van der Waals surface area (Å²) in [6.07, 6.45) is 0.215. The molecule has 0 unspecified atom stereocenters. The second kappa shape index (κ2) is 8.99. The molecule has 0 aliphatic heterocycles. The monoisotopic (exact) mass is 287 g/mol. The van der Waals surface area contributed by atoms with Gasteiger partial charge in [-0.2, -0.15) is 23.1 Å². The highest BCUT2D eigenvalue weighted by molar-refractivity contribution is 7.99. The third kappa shape index (κ3) is 6.07. The van der Waals surface area contributed by atoms with Gasteiger partial charge in [0, 0.05) is 23.2 Å². The summed E-state index contributed by atoms with van der Waals surface area (Å²) < 4.78 is 5.01. The molecule has 1 N–H and O–H groups in total. The number of hydrogen-bond donors (Lipinski definition) is 1. The zero-order chi connectivity index (χ0) is 13.2. The van der Waals surface area contributed by atoms with Gasteiger partial charge in [0.1, 0.15) is 6.61 Å². The van der Waals surface area contributed by atoms with Gasteiger partial charge in [-0.15, -0.1) is 0 Å². The van der Waals surface area contributed by atoms with Crippen LogP contribution >= 0.6 is 23.1 Å². The van der Waals surface area contributed by atoms with Gasteiger partial charge in [0.2, 0.25) is 0 Å². The van der Waals surface area contributed by atoms with Gasteiger partial charge in [0.15, 0.2) is 0 Å². The minimum absolute atomic E-state index is 0.148. The number of amides is 1. The van der Waals surface area contributed by atoms with Crippen LogP contribution in [-0.4, -0.2) is 36.5 Å². The summed E-state index contributed by atoms with van der Waals surface area (Å²) >= 11 is 3.20. The molecule has 6 heteroatoms. The lowest BCUT2D eigenvalue weighted by Crippen LogP contribution is -2.26. The lowest BCUT2D eigenvalue weighted by molar-refractivity contribution is -0.142. The smallest absolute Gasteiger partial charge is 0.307 e. The maximum atomic E-state index is 11.5. The van der Waals surface area contributed by atoms with Gasteiger partial charge < -0.3 is 10.1 Å². The van der Waals surface area contributed by atoms with Gasteiger partial charge in [0.25, 0.3) is 5.91 Å². The van der Waals surface area contributed by atoms with Crippen LogP contribution in [0.1, 0.15) is 23.7 Å². The van der Waals surface area contributed by atoms with Crippen molar-refractivity contribution in [2.24, 2.45) is 0 Å². The van der Waals surface area contributed by atoms with E-state index >= 15 is 0 Å². The van der Waals surface area contributed by atoms with E-state index in [0.29, 0.717) is 18.7 Å². The minimum Gasteiger partial charge on any atom is -0.465 e. The molecule has 0 atom stereocenters. The molecule has 0 spiro atoms. The number of nitrogens with one attached hydrogen (secondary N) is 1. The summed E-state index contributed by atoms with van der Waals surface area (Å²) in [7, 11) is 0. The molecule has 0 bridgehead atoms. The SMILES string of the molecule is CCSCCOC(=O)CCNC(=O)c1ccsc1. The summed E-state index contributed by atoms with van der Waals surface area (Å²) in [6, 6.07) is 1.75. The van der Waals surface area contributed by atoms with Crippen LogP contribution in [0.5, 0.6) is 0 Å². The van der Waals surface area contributed by atoms with Crippen molar-refractivity contribution in [2.45, 2.75) is 13.3 Å². The Balaban J connectivity index is 2.07. The van der Waals surface area contributed by atoms with Crippen molar-refractivity contribution in [3.05, 3.63) is 22.4 Å². The molecule has 1 aromatic heterocycles. The first-order chi connectivity index (χ1) is 8.74. The molecular formula is C12H17NO3S2. The van der Waals surface area contributed by atoms with E-state index in [0.717, 1.165) is 11.5 Å². The molecule has 0 saturated heterocycles. The second-order valence-electron chi connectivity index (χ2n) is 3.44. The predicted octanol–water partition coefficient (Wildman–Crippen LogP) is 2.16. The summed E-state index contributed by atoms with van der Waals surface area (Å²) in [5, 5.41) is 6.29. The molecule has 4 nitrogen and oxygen atoms in total. The zero-order valence-electron chi connectivity index (χ0n) is 10.3. The maximum absolute atomic E-state index is 11.5. The number of esters is 1. The van der Waals surface area contributed by atoms with Crippen LogP contribution in [0.4, 0.5) is 0 Å². The van der Waals surface area contributed by atoms with Crippen LogP contribution in [0.15, 0.2) is 16.8 Å². The van der Waals surface area contributed by atoms with E-state index in [-0.39, 0.29) is 18.3 Å². The molecule has 1 heterocycles. The molecular weight excluding hydrogens is 270 g/mol. The molecule has 0 saturated carbocycles. The number of carbonyl (C=O) groups is 2.